The van der Waals surface area contributed by atoms with Gasteiger partial charge >= 0.3 is 6.03 Å². The van der Waals surface area contributed by atoms with E-state index in [1.165, 1.54) is 0 Å². The zero-order valence-corrected chi connectivity index (χ0v) is 12.3. The molecule has 6 heteroatoms. The molecule has 1 fully saturated rings. The van der Waals surface area contributed by atoms with E-state index in [-0.39, 0.29) is 12.1 Å². The highest BCUT2D eigenvalue weighted by atomic mass is 16.5. The van der Waals surface area contributed by atoms with E-state index in [0.717, 1.165) is 32.7 Å². The van der Waals surface area contributed by atoms with E-state index >= 15 is 0 Å². The minimum atomic E-state index is -0.000874. The summed E-state index contributed by atoms with van der Waals surface area (Å²) in [5, 5.41) is 7.18. The highest BCUT2D eigenvalue weighted by molar-refractivity contribution is 5.74. The van der Waals surface area contributed by atoms with Crippen LogP contribution in [0.15, 0.2) is 18.5 Å². The number of hydrogen-bond donors (Lipinski definition) is 1. The standard InChI is InChI=1S/C14H24N4O2/c1-3-17(10-13-5-8-20-11-13)14(19)16-12(2)9-18-7-4-6-15-18/h4,6-7,12-13H,3,5,8-11H2,1-2H3,(H,16,19)/t12-,13+/m1/s1. The predicted molar refractivity (Wildman–Crippen MR) is 76.4 cm³/mol. The first-order valence-electron chi connectivity index (χ1n) is 7.29. The maximum absolute atomic E-state index is 12.2. The van der Waals surface area contributed by atoms with Crippen molar-refractivity contribution in [1.29, 1.82) is 0 Å². The molecule has 0 bridgehead atoms. The van der Waals surface area contributed by atoms with E-state index in [4.69, 9.17) is 4.74 Å². The zero-order chi connectivity index (χ0) is 14.4. The summed E-state index contributed by atoms with van der Waals surface area (Å²) in [7, 11) is 0. The van der Waals surface area contributed by atoms with Crippen LogP contribution in [-0.2, 0) is 11.3 Å². The summed E-state index contributed by atoms with van der Waals surface area (Å²) in [5.74, 6) is 0.474. The van der Waals surface area contributed by atoms with Gasteiger partial charge in [-0.2, -0.15) is 5.10 Å². The van der Waals surface area contributed by atoms with Crippen molar-refractivity contribution in [1.82, 2.24) is 20.0 Å². The first-order chi connectivity index (χ1) is 9.69. The third-order valence-electron chi connectivity index (χ3n) is 3.56. The van der Waals surface area contributed by atoms with Gasteiger partial charge in [-0.25, -0.2) is 4.79 Å². The van der Waals surface area contributed by atoms with Crippen LogP contribution < -0.4 is 5.32 Å². The number of amides is 2. The third-order valence-corrected chi connectivity index (χ3v) is 3.56. The van der Waals surface area contributed by atoms with Gasteiger partial charge in [0.05, 0.1) is 13.2 Å². The molecule has 1 N–H and O–H groups in total. The lowest BCUT2D eigenvalue weighted by atomic mass is 10.1. The van der Waals surface area contributed by atoms with Crippen LogP contribution in [0, 0.1) is 5.92 Å². The summed E-state index contributed by atoms with van der Waals surface area (Å²) < 4.78 is 7.19. The van der Waals surface area contributed by atoms with E-state index < -0.39 is 0 Å². The van der Waals surface area contributed by atoms with Gasteiger partial charge < -0.3 is 15.0 Å². The molecule has 0 aromatic carbocycles. The number of carbonyl (C=O) groups excluding carboxylic acids is 1. The molecule has 0 spiro atoms. The molecule has 6 nitrogen and oxygen atoms in total. The monoisotopic (exact) mass is 280 g/mol. The van der Waals surface area contributed by atoms with Crippen molar-refractivity contribution in [3.05, 3.63) is 18.5 Å². The molecular formula is C14H24N4O2. The van der Waals surface area contributed by atoms with E-state index in [9.17, 15) is 4.79 Å². The van der Waals surface area contributed by atoms with Gasteiger partial charge in [0.1, 0.15) is 0 Å². The maximum atomic E-state index is 12.2. The van der Waals surface area contributed by atoms with Crippen molar-refractivity contribution in [2.75, 3.05) is 26.3 Å². The summed E-state index contributed by atoms with van der Waals surface area (Å²) in [6.45, 7) is 7.77. The minimum Gasteiger partial charge on any atom is -0.381 e. The molecule has 0 aliphatic carbocycles. The molecule has 1 saturated heterocycles. The Labute approximate surface area is 120 Å². The molecule has 0 unspecified atom stereocenters. The molecule has 2 heterocycles. The largest absolute Gasteiger partial charge is 0.381 e. The fourth-order valence-electron chi connectivity index (χ4n) is 2.43. The minimum absolute atomic E-state index is 0.000874. The second-order valence-electron chi connectivity index (χ2n) is 5.35. The Bertz CT molecular complexity index is 401. The van der Waals surface area contributed by atoms with E-state index in [2.05, 4.69) is 10.4 Å². The Morgan fingerprint density at radius 2 is 2.50 bits per heavy atom. The van der Waals surface area contributed by atoms with Crippen LogP contribution >= 0.6 is 0 Å². The van der Waals surface area contributed by atoms with Gasteiger partial charge in [0.25, 0.3) is 0 Å². The second kappa shape index (κ2) is 7.28. The van der Waals surface area contributed by atoms with E-state index in [0.29, 0.717) is 12.5 Å². The summed E-state index contributed by atoms with van der Waals surface area (Å²) in [4.78, 5) is 14.1. The highest BCUT2D eigenvalue weighted by Crippen LogP contribution is 2.13. The summed E-state index contributed by atoms with van der Waals surface area (Å²) in [5.41, 5.74) is 0. The van der Waals surface area contributed by atoms with Crippen LogP contribution in [0.3, 0.4) is 0 Å². The number of aromatic nitrogens is 2. The molecule has 0 radical (unpaired) electrons. The first-order valence-corrected chi connectivity index (χ1v) is 7.29. The molecular weight excluding hydrogens is 256 g/mol. The van der Waals surface area contributed by atoms with Gasteiger partial charge in [-0.15, -0.1) is 0 Å². The Kier molecular flexibility index (Phi) is 5.40. The first kappa shape index (κ1) is 14.8. The molecule has 1 aromatic heterocycles. The second-order valence-corrected chi connectivity index (χ2v) is 5.35. The predicted octanol–water partition coefficient (Wildman–Crippen LogP) is 1.34. The molecule has 2 rings (SSSR count). The average Bonchev–Trinajstić information content (AvgIpc) is 3.08. The van der Waals surface area contributed by atoms with Gasteiger partial charge in [-0.05, 0) is 26.3 Å². The Balaban J connectivity index is 1.78. The van der Waals surface area contributed by atoms with Gasteiger partial charge in [-0.1, -0.05) is 0 Å². The molecule has 112 valence electrons. The fraction of sp³-hybridized carbons (Fsp3) is 0.714. The zero-order valence-electron chi connectivity index (χ0n) is 12.3. The number of nitrogens with one attached hydrogen (secondary N) is 1. The molecule has 1 aliphatic rings. The van der Waals surface area contributed by atoms with Crippen LogP contribution in [0.1, 0.15) is 20.3 Å². The van der Waals surface area contributed by atoms with Crippen LogP contribution in [0.25, 0.3) is 0 Å². The number of hydrogen-bond acceptors (Lipinski definition) is 3. The number of urea groups is 1. The van der Waals surface area contributed by atoms with E-state index in [1.807, 2.05) is 35.7 Å². The quantitative estimate of drug-likeness (QED) is 0.855. The summed E-state index contributed by atoms with van der Waals surface area (Å²) >= 11 is 0. The Morgan fingerprint density at radius 1 is 1.65 bits per heavy atom. The number of rotatable bonds is 6. The van der Waals surface area contributed by atoms with Crippen molar-refractivity contribution >= 4 is 6.03 Å². The number of ether oxygens (including phenoxy) is 1. The number of nitrogens with zero attached hydrogens (tertiary/aromatic N) is 3. The lowest BCUT2D eigenvalue weighted by Gasteiger charge is -2.26. The molecule has 1 aliphatic heterocycles. The molecule has 1 aromatic rings. The van der Waals surface area contributed by atoms with Crippen molar-refractivity contribution in [2.45, 2.75) is 32.9 Å². The smallest absolute Gasteiger partial charge is 0.317 e. The van der Waals surface area contributed by atoms with Crippen LogP contribution in [0.5, 0.6) is 0 Å². The van der Waals surface area contributed by atoms with Crippen molar-refractivity contribution < 1.29 is 9.53 Å². The van der Waals surface area contributed by atoms with Crippen LogP contribution in [0.2, 0.25) is 0 Å². The van der Waals surface area contributed by atoms with Crippen LogP contribution in [-0.4, -0.2) is 53.1 Å². The van der Waals surface area contributed by atoms with Gasteiger partial charge in [0, 0.05) is 44.0 Å². The SMILES string of the molecule is CCN(C[C@@H]1CCOC1)C(=O)N[C@H](C)Cn1cccn1. The lowest BCUT2D eigenvalue weighted by Crippen LogP contribution is -2.46. The van der Waals surface area contributed by atoms with Crippen molar-refractivity contribution in [2.24, 2.45) is 5.92 Å². The highest BCUT2D eigenvalue weighted by Gasteiger charge is 2.22. The molecule has 2 amide bonds. The van der Waals surface area contributed by atoms with Crippen LogP contribution in [0.4, 0.5) is 4.79 Å². The Hall–Kier alpha value is -1.56. The number of carbonyl (C=O) groups is 1. The third kappa shape index (κ3) is 4.23. The summed E-state index contributed by atoms with van der Waals surface area (Å²) in [6, 6.07) is 1.93. The van der Waals surface area contributed by atoms with Crippen molar-refractivity contribution in [3.63, 3.8) is 0 Å². The maximum Gasteiger partial charge on any atom is 0.317 e. The fourth-order valence-corrected chi connectivity index (χ4v) is 2.43. The topological polar surface area (TPSA) is 59.4 Å². The van der Waals surface area contributed by atoms with Crippen molar-refractivity contribution in [3.8, 4) is 0 Å². The summed E-state index contributed by atoms with van der Waals surface area (Å²) in [6.07, 6.45) is 4.69. The normalized spacial score (nSPS) is 19.8. The molecule has 0 saturated carbocycles. The van der Waals surface area contributed by atoms with E-state index in [1.54, 1.807) is 6.20 Å². The van der Waals surface area contributed by atoms with Gasteiger partial charge in [0.2, 0.25) is 0 Å². The van der Waals surface area contributed by atoms with Gasteiger partial charge in [-0.3, -0.25) is 4.68 Å². The molecule has 2 atom stereocenters. The average molecular weight is 280 g/mol. The molecule has 20 heavy (non-hydrogen) atoms. The van der Waals surface area contributed by atoms with Gasteiger partial charge in [0.15, 0.2) is 0 Å². The lowest BCUT2D eigenvalue weighted by molar-refractivity contribution is 0.164. The Morgan fingerprint density at radius 3 is 3.10 bits per heavy atom.